The monoisotopic (exact) mass is 285 g/mol. The Morgan fingerprint density at radius 3 is 2.80 bits per heavy atom. The van der Waals surface area contributed by atoms with Crippen LogP contribution in [0, 0.1) is 5.82 Å². The SMILES string of the molecule is CCCCOCC(O)CNc1ccc(OCC)c(F)c1. The largest absolute Gasteiger partial charge is 0.491 e. The third-order valence-corrected chi connectivity index (χ3v) is 2.73. The Morgan fingerprint density at radius 2 is 2.15 bits per heavy atom. The number of ether oxygens (including phenoxy) is 2. The van der Waals surface area contributed by atoms with Crippen molar-refractivity contribution in [3.63, 3.8) is 0 Å². The van der Waals surface area contributed by atoms with Gasteiger partial charge in [0.15, 0.2) is 11.6 Å². The second kappa shape index (κ2) is 9.55. The molecule has 1 aromatic carbocycles. The van der Waals surface area contributed by atoms with Crippen LogP contribution in [0.5, 0.6) is 5.75 Å². The lowest BCUT2D eigenvalue weighted by Gasteiger charge is -2.14. The summed E-state index contributed by atoms with van der Waals surface area (Å²) in [6.07, 6.45) is 1.45. The molecule has 0 bridgehead atoms. The van der Waals surface area contributed by atoms with Crippen LogP contribution >= 0.6 is 0 Å². The average Bonchev–Trinajstić information content (AvgIpc) is 2.44. The van der Waals surface area contributed by atoms with E-state index in [1.165, 1.54) is 6.07 Å². The Labute approximate surface area is 119 Å². The first-order valence-corrected chi connectivity index (χ1v) is 7.09. The summed E-state index contributed by atoms with van der Waals surface area (Å²) in [5, 5.41) is 12.7. The molecule has 1 rings (SSSR count). The molecule has 0 radical (unpaired) electrons. The first-order valence-electron chi connectivity index (χ1n) is 7.09. The summed E-state index contributed by atoms with van der Waals surface area (Å²) in [5.41, 5.74) is 0.610. The van der Waals surface area contributed by atoms with Crippen molar-refractivity contribution in [2.45, 2.75) is 32.8 Å². The van der Waals surface area contributed by atoms with Crippen molar-refractivity contribution in [3.8, 4) is 5.75 Å². The third-order valence-electron chi connectivity index (χ3n) is 2.73. The van der Waals surface area contributed by atoms with Crippen LogP contribution in [0.1, 0.15) is 26.7 Å². The molecule has 0 amide bonds. The fraction of sp³-hybridized carbons (Fsp3) is 0.600. The predicted molar refractivity (Wildman–Crippen MR) is 77.8 cm³/mol. The second-order valence-corrected chi connectivity index (χ2v) is 4.54. The molecule has 0 spiro atoms. The first kappa shape index (κ1) is 16.7. The molecule has 0 fully saturated rings. The average molecular weight is 285 g/mol. The molecule has 0 aromatic heterocycles. The summed E-state index contributed by atoms with van der Waals surface area (Å²) < 4.78 is 24.0. The topological polar surface area (TPSA) is 50.7 Å². The Balaban J connectivity index is 2.32. The van der Waals surface area contributed by atoms with E-state index in [4.69, 9.17) is 9.47 Å². The molecular weight excluding hydrogens is 261 g/mol. The minimum absolute atomic E-state index is 0.237. The second-order valence-electron chi connectivity index (χ2n) is 4.54. The number of benzene rings is 1. The zero-order chi connectivity index (χ0) is 14.8. The van der Waals surface area contributed by atoms with Gasteiger partial charge in [-0.2, -0.15) is 0 Å². The van der Waals surface area contributed by atoms with Crippen molar-refractivity contribution < 1.29 is 19.0 Å². The number of aliphatic hydroxyl groups excluding tert-OH is 1. The van der Waals surface area contributed by atoms with Crippen molar-refractivity contribution in [2.24, 2.45) is 0 Å². The fourth-order valence-electron chi connectivity index (χ4n) is 1.64. The van der Waals surface area contributed by atoms with Gasteiger partial charge in [-0.05, 0) is 25.5 Å². The van der Waals surface area contributed by atoms with Crippen LogP contribution in [-0.4, -0.2) is 37.6 Å². The summed E-state index contributed by atoms with van der Waals surface area (Å²) in [5.74, 6) is -0.174. The Bertz CT molecular complexity index is 387. The van der Waals surface area contributed by atoms with Crippen molar-refractivity contribution in [3.05, 3.63) is 24.0 Å². The van der Waals surface area contributed by atoms with E-state index in [-0.39, 0.29) is 12.4 Å². The van der Waals surface area contributed by atoms with E-state index in [1.807, 2.05) is 0 Å². The van der Waals surface area contributed by atoms with Gasteiger partial charge in [-0.25, -0.2) is 4.39 Å². The lowest BCUT2D eigenvalue weighted by molar-refractivity contribution is 0.0421. The van der Waals surface area contributed by atoms with Gasteiger partial charge in [0.1, 0.15) is 0 Å². The zero-order valence-corrected chi connectivity index (χ0v) is 12.2. The highest BCUT2D eigenvalue weighted by molar-refractivity contribution is 5.47. The molecule has 0 saturated heterocycles. The van der Waals surface area contributed by atoms with Gasteiger partial charge >= 0.3 is 0 Å². The van der Waals surface area contributed by atoms with Gasteiger partial charge in [-0.3, -0.25) is 0 Å². The minimum Gasteiger partial charge on any atom is -0.491 e. The molecule has 1 aromatic rings. The van der Waals surface area contributed by atoms with Crippen molar-refractivity contribution in [2.75, 3.05) is 31.7 Å². The third kappa shape index (κ3) is 6.21. The van der Waals surface area contributed by atoms with E-state index >= 15 is 0 Å². The van der Waals surface area contributed by atoms with Gasteiger partial charge in [-0.1, -0.05) is 13.3 Å². The number of unbranched alkanes of at least 4 members (excludes halogenated alkanes) is 1. The van der Waals surface area contributed by atoms with E-state index in [1.54, 1.807) is 19.1 Å². The highest BCUT2D eigenvalue weighted by Gasteiger charge is 2.07. The van der Waals surface area contributed by atoms with E-state index < -0.39 is 11.9 Å². The van der Waals surface area contributed by atoms with E-state index in [9.17, 15) is 9.50 Å². The summed E-state index contributed by atoms with van der Waals surface area (Å²) in [7, 11) is 0. The number of nitrogens with one attached hydrogen (secondary N) is 1. The minimum atomic E-state index is -0.610. The van der Waals surface area contributed by atoms with E-state index in [0.29, 0.717) is 25.4 Å². The molecule has 1 atom stereocenters. The van der Waals surface area contributed by atoms with Crippen LogP contribution in [0.2, 0.25) is 0 Å². The maximum atomic E-state index is 13.6. The number of anilines is 1. The van der Waals surface area contributed by atoms with Crippen LogP contribution in [0.3, 0.4) is 0 Å². The molecule has 1 unspecified atom stereocenters. The molecule has 0 saturated carbocycles. The zero-order valence-electron chi connectivity index (χ0n) is 12.2. The first-order chi connectivity index (χ1) is 9.67. The van der Waals surface area contributed by atoms with Gasteiger partial charge in [0, 0.05) is 24.9 Å². The normalized spacial score (nSPS) is 12.2. The Morgan fingerprint density at radius 1 is 1.35 bits per heavy atom. The number of hydrogen-bond acceptors (Lipinski definition) is 4. The molecule has 4 nitrogen and oxygen atoms in total. The number of aliphatic hydroxyl groups is 1. The van der Waals surface area contributed by atoms with Crippen LogP contribution in [0.4, 0.5) is 10.1 Å². The quantitative estimate of drug-likeness (QED) is 0.649. The molecule has 0 heterocycles. The van der Waals surface area contributed by atoms with Crippen LogP contribution in [-0.2, 0) is 4.74 Å². The molecule has 0 aliphatic rings. The molecule has 5 heteroatoms. The molecule has 114 valence electrons. The van der Waals surface area contributed by atoms with E-state index in [2.05, 4.69) is 12.2 Å². The number of rotatable bonds is 10. The standard InChI is InChI=1S/C15H24FNO3/c1-3-5-8-19-11-13(18)10-17-12-6-7-15(20-4-2)14(16)9-12/h6-7,9,13,17-18H,3-5,8,10-11H2,1-2H3. The predicted octanol–water partition coefficient (Wildman–Crippen LogP) is 2.81. The molecule has 2 N–H and O–H groups in total. The van der Waals surface area contributed by atoms with Crippen molar-refractivity contribution in [1.29, 1.82) is 0 Å². The lowest BCUT2D eigenvalue weighted by Crippen LogP contribution is -2.25. The maximum Gasteiger partial charge on any atom is 0.167 e. The summed E-state index contributed by atoms with van der Waals surface area (Å²) >= 11 is 0. The highest BCUT2D eigenvalue weighted by atomic mass is 19.1. The molecular formula is C15H24FNO3. The Kier molecular flexibility index (Phi) is 7.99. The highest BCUT2D eigenvalue weighted by Crippen LogP contribution is 2.21. The van der Waals surface area contributed by atoms with E-state index in [0.717, 1.165) is 12.8 Å². The molecule has 0 aliphatic heterocycles. The lowest BCUT2D eigenvalue weighted by atomic mass is 10.2. The molecule has 0 aliphatic carbocycles. The Hall–Kier alpha value is -1.33. The van der Waals surface area contributed by atoms with Gasteiger partial charge < -0.3 is 19.9 Å². The van der Waals surface area contributed by atoms with Gasteiger partial charge in [0.25, 0.3) is 0 Å². The number of halogens is 1. The maximum absolute atomic E-state index is 13.6. The fourth-order valence-corrected chi connectivity index (χ4v) is 1.64. The van der Waals surface area contributed by atoms with Crippen LogP contribution in [0.25, 0.3) is 0 Å². The smallest absolute Gasteiger partial charge is 0.167 e. The van der Waals surface area contributed by atoms with Crippen LogP contribution < -0.4 is 10.1 Å². The summed E-state index contributed by atoms with van der Waals surface area (Å²) in [6.45, 7) is 5.58. The van der Waals surface area contributed by atoms with Gasteiger partial charge in [0.2, 0.25) is 0 Å². The van der Waals surface area contributed by atoms with Gasteiger partial charge in [-0.15, -0.1) is 0 Å². The summed E-state index contributed by atoms with van der Waals surface area (Å²) in [6, 6.07) is 4.65. The summed E-state index contributed by atoms with van der Waals surface area (Å²) in [4.78, 5) is 0. The van der Waals surface area contributed by atoms with Gasteiger partial charge in [0.05, 0.1) is 19.3 Å². The van der Waals surface area contributed by atoms with Crippen molar-refractivity contribution in [1.82, 2.24) is 0 Å². The van der Waals surface area contributed by atoms with Crippen molar-refractivity contribution >= 4 is 5.69 Å². The van der Waals surface area contributed by atoms with Crippen LogP contribution in [0.15, 0.2) is 18.2 Å². The molecule has 20 heavy (non-hydrogen) atoms. The number of hydrogen-bond donors (Lipinski definition) is 2.